The number of imide groups is 1. The zero-order chi connectivity index (χ0) is 20.2. The Kier molecular flexibility index (Phi) is 4.09. The van der Waals surface area contributed by atoms with Crippen molar-refractivity contribution in [2.45, 2.75) is 56.9 Å². The van der Waals surface area contributed by atoms with Gasteiger partial charge < -0.3 is 4.90 Å². The third-order valence-corrected chi connectivity index (χ3v) is 6.87. The molecule has 5 rings (SSSR count). The maximum Gasteiger partial charge on any atom is 0.258 e. The normalized spacial score (nSPS) is 25.9. The van der Waals surface area contributed by atoms with Gasteiger partial charge in [0, 0.05) is 35.5 Å². The first-order valence-corrected chi connectivity index (χ1v) is 10.4. The molecular formula is C24H24N2O3. The van der Waals surface area contributed by atoms with Gasteiger partial charge in [0.05, 0.1) is 5.69 Å². The Morgan fingerprint density at radius 3 is 2.55 bits per heavy atom. The van der Waals surface area contributed by atoms with E-state index in [4.69, 9.17) is 0 Å². The third kappa shape index (κ3) is 2.64. The van der Waals surface area contributed by atoms with Crippen LogP contribution in [0.2, 0.25) is 0 Å². The van der Waals surface area contributed by atoms with Crippen molar-refractivity contribution in [3.05, 3.63) is 59.7 Å². The van der Waals surface area contributed by atoms with Gasteiger partial charge in [-0.3, -0.25) is 19.3 Å². The lowest BCUT2D eigenvalue weighted by molar-refractivity contribution is -0.121. The van der Waals surface area contributed by atoms with Gasteiger partial charge in [0.25, 0.3) is 5.91 Å². The van der Waals surface area contributed by atoms with Gasteiger partial charge in [0.2, 0.25) is 11.8 Å². The van der Waals surface area contributed by atoms with Crippen LogP contribution in [-0.2, 0) is 15.0 Å². The lowest BCUT2D eigenvalue weighted by Crippen LogP contribution is -2.47. The molecular weight excluding hydrogens is 364 g/mol. The van der Waals surface area contributed by atoms with Crippen LogP contribution in [0.25, 0.3) is 0 Å². The standard InChI is InChI=1S/C24H24N2O3/c1-24-14-5-4-11-20(24)26(19-10-3-2-9-18(19)24)23(29)16-7-6-8-17(15-16)25-21(27)12-13-22(25)28/h2-3,6-10,15,20H,4-5,11-14H2,1H3/t20-,24-/m0/s1. The van der Waals surface area contributed by atoms with Gasteiger partial charge in [-0.25, -0.2) is 0 Å². The first-order valence-electron chi connectivity index (χ1n) is 10.4. The second kappa shape index (κ2) is 6.55. The Bertz CT molecular complexity index is 1010. The van der Waals surface area contributed by atoms with Crippen molar-refractivity contribution >= 4 is 29.1 Å². The molecule has 1 saturated heterocycles. The maximum absolute atomic E-state index is 13.7. The van der Waals surface area contributed by atoms with E-state index in [9.17, 15) is 14.4 Å². The van der Waals surface area contributed by atoms with E-state index in [0.29, 0.717) is 11.3 Å². The topological polar surface area (TPSA) is 57.7 Å². The Morgan fingerprint density at radius 2 is 1.76 bits per heavy atom. The summed E-state index contributed by atoms with van der Waals surface area (Å²) in [7, 11) is 0. The molecule has 2 fully saturated rings. The molecule has 1 aliphatic carbocycles. The highest BCUT2D eigenvalue weighted by Crippen LogP contribution is 2.52. The summed E-state index contributed by atoms with van der Waals surface area (Å²) in [5.74, 6) is -0.467. The molecule has 2 aliphatic heterocycles. The van der Waals surface area contributed by atoms with Crippen LogP contribution in [0.15, 0.2) is 48.5 Å². The molecule has 148 valence electrons. The Morgan fingerprint density at radius 1 is 1.00 bits per heavy atom. The molecule has 0 aromatic heterocycles. The van der Waals surface area contributed by atoms with Gasteiger partial charge in [-0.1, -0.05) is 44.0 Å². The number of para-hydroxylation sites is 1. The maximum atomic E-state index is 13.7. The van der Waals surface area contributed by atoms with Crippen LogP contribution in [0.3, 0.4) is 0 Å². The van der Waals surface area contributed by atoms with Gasteiger partial charge in [-0.05, 0) is 42.7 Å². The molecule has 2 aromatic rings. The van der Waals surface area contributed by atoms with Crippen LogP contribution in [0, 0.1) is 0 Å². The second-order valence-corrected chi connectivity index (χ2v) is 8.54. The van der Waals surface area contributed by atoms with E-state index in [1.807, 2.05) is 17.0 Å². The zero-order valence-electron chi connectivity index (χ0n) is 16.6. The number of hydrogen-bond acceptors (Lipinski definition) is 3. The van der Waals surface area contributed by atoms with Crippen molar-refractivity contribution in [2.75, 3.05) is 9.80 Å². The largest absolute Gasteiger partial charge is 0.304 e. The van der Waals surface area contributed by atoms with E-state index >= 15 is 0 Å². The Balaban J connectivity index is 1.55. The molecule has 2 atom stereocenters. The monoisotopic (exact) mass is 388 g/mol. The summed E-state index contributed by atoms with van der Waals surface area (Å²) in [5, 5.41) is 0. The van der Waals surface area contributed by atoms with E-state index in [2.05, 4.69) is 19.1 Å². The summed E-state index contributed by atoms with van der Waals surface area (Å²) in [6.07, 6.45) is 4.83. The summed E-state index contributed by atoms with van der Waals surface area (Å²) >= 11 is 0. The molecule has 29 heavy (non-hydrogen) atoms. The molecule has 2 aromatic carbocycles. The highest BCUT2D eigenvalue weighted by molar-refractivity contribution is 6.20. The number of nitrogens with zero attached hydrogens (tertiary/aromatic N) is 2. The van der Waals surface area contributed by atoms with E-state index in [1.54, 1.807) is 24.3 Å². The second-order valence-electron chi connectivity index (χ2n) is 8.54. The minimum atomic E-state index is -0.203. The first kappa shape index (κ1) is 18.1. The highest BCUT2D eigenvalue weighted by Gasteiger charge is 2.50. The molecule has 0 unspecified atom stereocenters. The SMILES string of the molecule is C[C@@]12CCCC[C@@H]1N(C(=O)c1cccc(N3C(=O)CCC3=O)c1)c1ccccc12. The summed E-state index contributed by atoms with van der Waals surface area (Å²) < 4.78 is 0. The fraction of sp³-hybridized carbons (Fsp3) is 0.375. The summed E-state index contributed by atoms with van der Waals surface area (Å²) in [4.78, 5) is 41.1. The van der Waals surface area contributed by atoms with E-state index in [-0.39, 0.29) is 42.0 Å². The Hall–Kier alpha value is -2.95. The van der Waals surface area contributed by atoms with E-state index in [0.717, 1.165) is 24.9 Å². The van der Waals surface area contributed by atoms with Crippen LogP contribution >= 0.6 is 0 Å². The molecule has 2 heterocycles. The van der Waals surface area contributed by atoms with Gasteiger partial charge in [-0.2, -0.15) is 0 Å². The van der Waals surface area contributed by atoms with Crippen molar-refractivity contribution in [1.29, 1.82) is 0 Å². The van der Waals surface area contributed by atoms with Crippen molar-refractivity contribution in [1.82, 2.24) is 0 Å². The van der Waals surface area contributed by atoms with Gasteiger partial charge in [-0.15, -0.1) is 0 Å². The molecule has 3 amide bonds. The van der Waals surface area contributed by atoms with Crippen molar-refractivity contribution < 1.29 is 14.4 Å². The summed E-state index contributed by atoms with van der Waals surface area (Å²) in [6.45, 7) is 2.28. The number of benzene rings is 2. The lowest BCUT2D eigenvalue weighted by atomic mass is 9.69. The molecule has 3 aliphatic rings. The summed E-state index contributed by atoms with van der Waals surface area (Å²) in [6, 6.07) is 15.3. The van der Waals surface area contributed by atoms with Gasteiger partial charge >= 0.3 is 0 Å². The number of fused-ring (bicyclic) bond motifs is 3. The smallest absolute Gasteiger partial charge is 0.258 e. The molecule has 1 saturated carbocycles. The fourth-order valence-electron chi connectivity index (χ4n) is 5.41. The first-order chi connectivity index (χ1) is 14.0. The lowest BCUT2D eigenvalue weighted by Gasteiger charge is -2.39. The number of carbonyl (C=O) groups is 3. The molecule has 0 N–H and O–H groups in total. The molecule has 0 bridgehead atoms. The van der Waals surface area contributed by atoms with Crippen LogP contribution in [0.1, 0.15) is 61.4 Å². The van der Waals surface area contributed by atoms with Crippen molar-refractivity contribution in [3.63, 3.8) is 0 Å². The molecule has 0 radical (unpaired) electrons. The quantitative estimate of drug-likeness (QED) is 0.725. The number of amides is 3. The van der Waals surface area contributed by atoms with Crippen molar-refractivity contribution in [3.8, 4) is 0 Å². The predicted molar refractivity (Wildman–Crippen MR) is 111 cm³/mol. The summed E-state index contributed by atoms with van der Waals surface area (Å²) in [5.41, 5.74) is 3.22. The average Bonchev–Trinajstić information content (AvgIpc) is 3.21. The number of carbonyl (C=O) groups excluding carboxylic acids is 3. The third-order valence-electron chi connectivity index (χ3n) is 6.87. The molecule has 5 nitrogen and oxygen atoms in total. The predicted octanol–water partition coefficient (Wildman–Crippen LogP) is 4.20. The van der Waals surface area contributed by atoms with Crippen LogP contribution < -0.4 is 9.80 Å². The molecule has 5 heteroatoms. The van der Waals surface area contributed by atoms with Crippen LogP contribution in [0.5, 0.6) is 0 Å². The number of anilines is 2. The van der Waals surface area contributed by atoms with Crippen LogP contribution in [-0.4, -0.2) is 23.8 Å². The fourth-order valence-corrected chi connectivity index (χ4v) is 5.41. The number of rotatable bonds is 2. The van der Waals surface area contributed by atoms with Gasteiger partial charge in [0.15, 0.2) is 0 Å². The minimum Gasteiger partial charge on any atom is -0.304 e. The van der Waals surface area contributed by atoms with E-state index in [1.165, 1.54) is 16.9 Å². The molecule has 0 spiro atoms. The van der Waals surface area contributed by atoms with Crippen molar-refractivity contribution in [2.24, 2.45) is 0 Å². The average molecular weight is 388 g/mol. The van der Waals surface area contributed by atoms with Crippen LogP contribution in [0.4, 0.5) is 11.4 Å². The number of hydrogen-bond donors (Lipinski definition) is 0. The van der Waals surface area contributed by atoms with Gasteiger partial charge in [0.1, 0.15) is 0 Å². The highest BCUT2D eigenvalue weighted by atomic mass is 16.2. The zero-order valence-corrected chi connectivity index (χ0v) is 16.6. The van der Waals surface area contributed by atoms with E-state index < -0.39 is 0 Å². The Labute approximate surface area is 170 Å². The minimum absolute atomic E-state index is 0.0248.